The van der Waals surface area contributed by atoms with E-state index in [4.69, 9.17) is 9.47 Å². The molecule has 22 heavy (non-hydrogen) atoms. The highest BCUT2D eigenvalue weighted by Gasteiger charge is 2.30. The Labute approximate surface area is 137 Å². The van der Waals surface area contributed by atoms with Gasteiger partial charge in [0.05, 0.1) is 23.2 Å². The Balaban J connectivity index is 2.27. The van der Waals surface area contributed by atoms with Crippen molar-refractivity contribution in [1.82, 2.24) is 0 Å². The number of ether oxygens (including phenoxy) is 2. The maximum atomic E-state index is 12.2. The molecule has 0 aromatic carbocycles. The van der Waals surface area contributed by atoms with Crippen molar-refractivity contribution in [3.05, 3.63) is 16.0 Å². The quantitative estimate of drug-likeness (QED) is 0.584. The molecule has 0 atom stereocenters. The summed E-state index contributed by atoms with van der Waals surface area (Å²) in [6, 6.07) is 0. The number of carbonyl (C=O) groups is 3. The summed E-state index contributed by atoms with van der Waals surface area (Å²) in [5.41, 5.74) is 1.39. The predicted molar refractivity (Wildman–Crippen MR) is 84.9 cm³/mol. The lowest BCUT2D eigenvalue weighted by Gasteiger charge is -2.12. The van der Waals surface area contributed by atoms with E-state index in [9.17, 15) is 14.4 Å². The Morgan fingerprint density at radius 1 is 1.18 bits per heavy atom. The van der Waals surface area contributed by atoms with Gasteiger partial charge in [-0.2, -0.15) is 0 Å². The van der Waals surface area contributed by atoms with E-state index in [0.717, 1.165) is 16.2 Å². The molecule has 0 N–H and O–H groups in total. The van der Waals surface area contributed by atoms with E-state index >= 15 is 0 Å². The molecule has 1 aliphatic rings. The van der Waals surface area contributed by atoms with Crippen molar-refractivity contribution >= 4 is 40.8 Å². The number of carbonyl (C=O) groups excluding carboxylic acids is 3. The highest BCUT2D eigenvalue weighted by Crippen LogP contribution is 2.40. The summed E-state index contributed by atoms with van der Waals surface area (Å²) >= 11 is 2.51. The van der Waals surface area contributed by atoms with Crippen molar-refractivity contribution in [2.45, 2.75) is 37.3 Å². The van der Waals surface area contributed by atoms with Crippen molar-refractivity contribution in [1.29, 1.82) is 0 Å². The number of rotatable bonds is 6. The molecule has 0 unspecified atom stereocenters. The number of ketones is 1. The normalized spacial score (nSPS) is 13.6. The van der Waals surface area contributed by atoms with Gasteiger partial charge in [-0.25, -0.2) is 4.79 Å². The first kappa shape index (κ1) is 17.0. The van der Waals surface area contributed by atoms with Gasteiger partial charge in [0, 0.05) is 12.0 Å². The SMILES string of the molecule is CCOC(=O)CSc1sc(C(=O)OCC)c2c1C(=O)CCC2. The third-order valence-electron chi connectivity index (χ3n) is 3.17. The Bertz CT molecular complexity index is 591. The summed E-state index contributed by atoms with van der Waals surface area (Å²) in [6.45, 7) is 4.12. The molecule has 0 radical (unpaired) electrons. The second kappa shape index (κ2) is 7.78. The summed E-state index contributed by atoms with van der Waals surface area (Å²) in [7, 11) is 0. The molecule has 0 bridgehead atoms. The third-order valence-corrected chi connectivity index (χ3v) is 5.63. The predicted octanol–water partition coefficient (Wildman–Crippen LogP) is 3.10. The highest BCUT2D eigenvalue weighted by molar-refractivity contribution is 8.01. The summed E-state index contributed by atoms with van der Waals surface area (Å²) < 4.78 is 10.7. The second-order valence-corrected chi connectivity index (χ2v) is 6.93. The van der Waals surface area contributed by atoms with E-state index in [2.05, 4.69) is 0 Å². The first-order chi connectivity index (χ1) is 10.6. The number of fused-ring (bicyclic) bond motifs is 1. The molecule has 0 spiro atoms. The average molecular weight is 342 g/mol. The summed E-state index contributed by atoms with van der Waals surface area (Å²) in [5.74, 6) is -0.535. The monoisotopic (exact) mass is 342 g/mol. The van der Waals surface area contributed by atoms with Crippen LogP contribution >= 0.6 is 23.1 Å². The molecule has 0 aliphatic heterocycles. The van der Waals surface area contributed by atoms with E-state index in [1.165, 1.54) is 23.1 Å². The number of Topliss-reactive ketones (excluding diaryl/α,β-unsaturated/α-hetero) is 1. The molecule has 0 saturated heterocycles. The van der Waals surface area contributed by atoms with Crippen molar-refractivity contribution in [2.24, 2.45) is 0 Å². The van der Waals surface area contributed by atoms with Crippen LogP contribution in [0.25, 0.3) is 0 Å². The lowest BCUT2D eigenvalue weighted by atomic mass is 9.93. The van der Waals surface area contributed by atoms with Crippen LogP contribution < -0.4 is 0 Å². The summed E-state index contributed by atoms with van der Waals surface area (Å²) in [5, 5.41) is 0. The minimum absolute atomic E-state index is 0.0411. The molecular formula is C15H18O5S2. The van der Waals surface area contributed by atoms with Crippen LogP contribution in [0.2, 0.25) is 0 Å². The van der Waals surface area contributed by atoms with Crippen LogP contribution in [-0.4, -0.2) is 36.7 Å². The van der Waals surface area contributed by atoms with Gasteiger partial charge in [-0.15, -0.1) is 23.1 Å². The third kappa shape index (κ3) is 3.70. The van der Waals surface area contributed by atoms with Gasteiger partial charge in [0.25, 0.3) is 0 Å². The molecule has 0 amide bonds. The van der Waals surface area contributed by atoms with E-state index in [0.29, 0.717) is 36.5 Å². The van der Waals surface area contributed by atoms with E-state index in [1.807, 2.05) is 0 Å². The fourth-order valence-electron chi connectivity index (χ4n) is 2.30. The topological polar surface area (TPSA) is 69.7 Å². The second-order valence-electron chi connectivity index (χ2n) is 4.66. The molecule has 1 aromatic heterocycles. The van der Waals surface area contributed by atoms with E-state index in [1.54, 1.807) is 13.8 Å². The smallest absolute Gasteiger partial charge is 0.348 e. The molecule has 5 nitrogen and oxygen atoms in total. The fourth-order valence-corrected chi connectivity index (χ4v) is 4.67. The van der Waals surface area contributed by atoms with Crippen LogP contribution in [0.3, 0.4) is 0 Å². The van der Waals surface area contributed by atoms with Crippen molar-refractivity contribution < 1.29 is 23.9 Å². The Morgan fingerprint density at radius 3 is 2.59 bits per heavy atom. The number of thioether (sulfide) groups is 1. The standard InChI is InChI=1S/C15H18O5S2/c1-3-19-11(17)8-21-15-12-9(6-5-7-10(12)16)13(22-15)14(18)20-4-2/h3-8H2,1-2H3. The van der Waals surface area contributed by atoms with Crippen LogP contribution in [0.5, 0.6) is 0 Å². The van der Waals surface area contributed by atoms with Gasteiger partial charge < -0.3 is 9.47 Å². The van der Waals surface area contributed by atoms with Gasteiger partial charge in [0.2, 0.25) is 0 Å². The number of hydrogen-bond donors (Lipinski definition) is 0. The summed E-state index contributed by atoms with van der Waals surface area (Å²) in [6.07, 6.45) is 1.93. The van der Waals surface area contributed by atoms with Crippen LogP contribution in [-0.2, 0) is 20.7 Å². The van der Waals surface area contributed by atoms with Crippen LogP contribution in [0, 0.1) is 0 Å². The maximum Gasteiger partial charge on any atom is 0.348 e. The van der Waals surface area contributed by atoms with Crippen molar-refractivity contribution in [3.63, 3.8) is 0 Å². The van der Waals surface area contributed by atoms with Gasteiger partial charge in [0.15, 0.2) is 5.78 Å². The van der Waals surface area contributed by atoms with E-state index < -0.39 is 0 Å². The van der Waals surface area contributed by atoms with E-state index in [-0.39, 0.29) is 23.5 Å². The van der Waals surface area contributed by atoms with Crippen LogP contribution in [0.1, 0.15) is 52.3 Å². The maximum absolute atomic E-state index is 12.2. The number of hydrogen-bond acceptors (Lipinski definition) is 7. The number of esters is 2. The Hall–Kier alpha value is -1.34. The first-order valence-electron chi connectivity index (χ1n) is 7.22. The molecule has 1 aliphatic carbocycles. The molecular weight excluding hydrogens is 324 g/mol. The molecule has 120 valence electrons. The summed E-state index contributed by atoms with van der Waals surface area (Å²) in [4.78, 5) is 36.2. The zero-order valence-electron chi connectivity index (χ0n) is 12.6. The van der Waals surface area contributed by atoms with Gasteiger partial charge in [0.1, 0.15) is 4.88 Å². The zero-order chi connectivity index (χ0) is 16.1. The van der Waals surface area contributed by atoms with Crippen molar-refractivity contribution in [2.75, 3.05) is 19.0 Å². The fraction of sp³-hybridized carbons (Fsp3) is 0.533. The average Bonchev–Trinajstić information content (AvgIpc) is 2.86. The zero-order valence-corrected chi connectivity index (χ0v) is 14.2. The lowest BCUT2D eigenvalue weighted by molar-refractivity contribution is -0.139. The number of thiophene rings is 1. The molecule has 2 rings (SSSR count). The largest absolute Gasteiger partial charge is 0.465 e. The van der Waals surface area contributed by atoms with Crippen LogP contribution in [0.15, 0.2) is 4.21 Å². The van der Waals surface area contributed by atoms with Gasteiger partial charge >= 0.3 is 11.9 Å². The lowest BCUT2D eigenvalue weighted by Crippen LogP contribution is -2.13. The molecule has 1 heterocycles. The van der Waals surface area contributed by atoms with Gasteiger partial charge in [-0.1, -0.05) is 0 Å². The molecule has 0 fully saturated rings. The molecule has 0 saturated carbocycles. The Morgan fingerprint density at radius 2 is 1.91 bits per heavy atom. The van der Waals surface area contributed by atoms with Gasteiger partial charge in [-0.3, -0.25) is 9.59 Å². The van der Waals surface area contributed by atoms with Crippen LogP contribution in [0.4, 0.5) is 0 Å². The minimum atomic E-state index is -0.388. The highest BCUT2D eigenvalue weighted by atomic mass is 32.2. The first-order valence-corrected chi connectivity index (χ1v) is 9.03. The van der Waals surface area contributed by atoms with Gasteiger partial charge in [-0.05, 0) is 32.3 Å². The molecule has 1 aromatic rings. The Kier molecular flexibility index (Phi) is 6.02. The molecule has 7 heteroatoms. The van der Waals surface area contributed by atoms with Crippen molar-refractivity contribution in [3.8, 4) is 0 Å². The minimum Gasteiger partial charge on any atom is -0.465 e.